The molecule has 0 saturated heterocycles. The second-order valence-electron chi connectivity index (χ2n) is 6.09. The zero-order valence-electron chi connectivity index (χ0n) is 16.2. The van der Waals surface area contributed by atoms with E-state index in [1.165, 1.54) is 19.2 Å². The molecule has 1 heterocycles. The third-order valence-electron chi connectivity index (χ3n) is 3.95. The fourth-order valence-corrected chi connectivity index (χ4v) is 2.55. The Hall–Kier alpha value is -3.69. The molecule has 0 aliphatic carbocycles. The topological polar surface area (TPSA) is 95.7 Å². The van der Waals surface area contributed by atoms with Gasteiger partial charge in [-0.1, -0.05) is 11.2 Å². The maximum Gasteiger partial charge on any atom is 0.387 e. The Morgan fingerprint density at radius 3 is 2.57 bits per heavy atom. The summed E-state index contributed by atoms with van der Waals surface area (Å²) >= 11 is 0. The first-order valence-corrected chi connectivity index (χ1v) is 8.86. The van der Waals surface area contributed by atoms with Crippen LogP contribution in [-0.2, 0) is 13.2 Å². The van der Waals surface area contributed by atoms with Gasteiger partial charge in [0.2, 0.25) is 11.7 Å². The molecule has 1 aromatic heterocycles. The molecule has 0 saturated carbocycles. The van der Waals surface area contributed by atoms with Crippen molar-refractivity contribution in [3.63, 3.8) is 0 Å². The van der Waals surface area contributed by atoms with Crippen molar-refractivity contribution >= 4 is 5.91 Å². The lowest BCUT2D eigenvalue weighted by molar-refractivity contribution is -0.0512. The number of aromatic nitrogens is 2. The Morgan fingerprint density at radius 2 is 1.93 bits per heavy atom. The third-order valence-corrected chi connectivity index (χ3v) is 3.95. The summed E-state index contributed by atoms with van der Waals surface area (Å²) in [6, 6.07) is 11.0. The van der Waals surface area contributed by atoms with E-state index in [0.29, 0.717) is 28.6 Å². The van der Waals surface area contributed by atoms with Crippen molar-refractivity contribution in [3.05, 3.63) is 65.3 Å². The van der Waals surface area contributed by atoms with Crippen LogP contribution in [0.15, 0.2) is 47.0 Å². The van der Waals surface area contributed by atoms with Crippen molar-refractivity contribution in [1.29, 1.82) is 0 Å². The number of carbonyl (C=O) groups excluding carboxylic acids is 1. The minimum atomic E-state index is -2.95. The van der Waals surface area contributed by atoms with Gasteiger partial charge < -0.3 is 24.1 Å². The predicted octanol–water partition coefficient (Wildman–Crippen LogP) is 3.50. The van der Waals surface area contributed by atoms with Crippen LogP contribution in [0.1, 0.15) is 27.6 Å². The van der Waals surface area contributed by atoms with Crippen molar-refractivity contribution in [3.8, 4) is 17.2 Å². The van der Waals surface area contributed by atoms with Gasteiger partial charge in [0.15, 0.2) is 18.1 Å². The van der Waals surface area contributed by atoms with Gasteiger partial charge in [0.1, 0.15) is 5.75 Å². The van der Waals surface area contributed by atoms with Crippen molar-refractivity contribution in [2.45, 2.75) is 26.7 Å². The minimum absolute atomic E-state index is 0.0749. The average Bonchev–Trinajstić information content (AvgIpc) is 3.16. The lowest BCUT2D eigenvalue weighted by Crippen LogP contribution is -2.22. The second kappa shape index (κ2) is 9.68. The number of alkyl halides is 2. The molecule has 0 spiro atoms. The molecular weight excluding hydrogens is 400 g/mol. The van der Waals surface area contributed by atoms with Crippen LogP contribution in [0.5, 0.6) is 17.2 Å². The van der Waals surface area contributed by atoms with Gasteiger partial charge in [0.05, 0.1) is 7.11 Å². The van der Waals surface area contributed by atoms with Gasteiger partial charge in [-0.2, -0.15) is 13.8 Å². The maximum absolute atomic E-state index is 12.4. The molecule has 3 aromatic rings. The first-order valence-electron chi connectivity index (χ1n) is 8.86. The van der Waals surface area contributed by atoms with Crippen LogP contribution in [0.3, 0.4) is 0 Å². The third kappa shape index (κ3) is 5.66. The maximum atomic E-state index is 12.4. The quantitative estimate of drug-likeness (QED) is 0.567. The Bertz CT molecular complexity index is 992. The van der Waals surface area contributed by atoms with Crippen LogP contribution < -0.4 is 19.5 Å². The van der Waals surface area contributed by atoms with E-state index in [-0.39, 0.29) is 30.6 Å². The van der Waals surface area contributed by atoms with E-state index in [1.54, 1.807) is 37.3 Å². The number of methoxy groups -OCH3 is 1. The van der Waals surface area contributed by atoms with E-state index < -0.39 is 6.61 Å². The molecule has 3 rings (SSSR count). The zero-order valence-corrected chi connectivity index (χ0v) is 16.2. The molecule has 0 aliphatic heterocycles. The summed E-state index contributed by atoms with van der Waals surface area (Å²) in [5, 5.41) is 6.48. The Morgan fingerprint density at radius 1 is 1.17 bits per heavy atom. The van der Waals surface area contributed by atoms with Crippen LogP contribution in [-0.4, -0.2) is 29.8 Å². The molecule has 8 nitrogen and oxygen atoms in total. The van der Waals surface area contributed by atoms with E-state index in [4.69, 9.17) is 14.0 Å². The number of halogens is 2. The molecule has 30 heavy (non-hydrogen) atoms. The highest BCUT2D eigenvalue weighted by Gasteiger charge is 2.12. The second-order valence-corrected chi connectivity index (χ2v) is 6.09. The fourth-order valence-electron chi connectivity index (χ4n) is 2.55. The van der Waals surface area contributed by atoms with Gasteiger partial charge in [-0.15, -0.1) is 0 Å². The predicted molar refractivity (Wildman–Crippen MR) is 101 cm³/mol. The number of nitrogens with zero attached hydrogens (tertiary/aromatic N) is 2. The largest absolute Gasteiger partial charge is 0.493 e. The van der Waals surface area contributed by atoms with E-state index in [0.717, 1.165) is 0 Å². The standard InChI is InChI=1S/C20H19F2N3O5/c1-12-24-18(25-30-12)11-28-15-6-4-14(5-7-15)19(26)23-10-13-3-8-16(29-20(21)22)17(9-13)27-2/h3-9,20H,10-11H2,1-2H3,(H,23,26). The number of hydrogen-bond acceptors (Lipinski definition) is 7. The first kappa shape index (κ1) is 21.0. The molecule has 0 aliphatic rings. The lowest BCUT2D eigenvalue weighted by atomic mass is 10.1. The summed E-state index contributed by atoms with van der Waals surface area (Å²) in [4.78, 5) is 16.4. The lowest BCUT2D eigenvalue weighted by Gasteiger charge is -2.12. The van der Waals surface area contributed by atoms with Crippen LogP contribution in [0.2, 0.25) is 0 Å². The Labute approximate surface area is 170 Å². The fraction of sp³-hybridized carbons (Fsp3) is 0.250. The molecule has 0 unspecified atom stereocenters. The van der Waals surface area contributed by atoms with E-state index in [2.05, 4.69) is 20.2 Å². The van der Waals surface area contributed by atoms with Crippen molar-refractivity contribution < 1.29 is 32.3 Å². The van der Waals surface area contributed by atoms with E-state index >= 15 is 0 Å². The number of rotatable bonds is 9. The number of carbonyl (C=O) groups is 1. The van der Waals surface area contributed by atoms with Gasteiger partial charge in [0.25, 0.3) is 5.91 Å². The van der Waals surface area contributed by atoms with Crippen LogP contribution >= 0.6 is 0 Å². The first-order chi connectivity index (χ1) is 14.4. The molecule has 2 aromatic carbocycles. The van der Waals surface area contributed by atoms with Gasteiger partial charge in [-0.3, -0.25) is 4.79 Å². The molecule has 158 valence electrons. The van der Waals surface area contributed by atoms with E-state index in [9.17, 15) is 13.6 Å². The number of ether oxygens (including phenoxy) is 3. The highest BCUT2D eigenvalue weighted by atomic mass is 19.3. The molecule has 1 amide bonds. The van der Waals surface area contributed by atoms with Gasteiger partial charge in [0, 0.05) is 19.0 Å². The normalized spacial score (nSPS) is 10.7. The van der Waals surface area contributed by atoms with Crippen LogP contribution in [0.4, 0.5) is 8.78 Å². The Kier molecular flexibility index (Phi) is 6.79. The van der Waals surface area contributed by atoms with Gasteiger partial charge in [-0.05, 0) is 42.0 Å². The molecule has 0 fully saturated rings. The van der Waals surface area contributed by atoms with Gasteiger partial charge in [-0.25, -0.2) is 0 Å². The number of benzene rings is 2. The average molecular weight is 419 g/mol. The molecule has 0 atom stereocenters. The van der Waals surface area contributed by atoms with Crippen molar-refractivity contribution in [2.24, 2.45) is 0 Å². The molecule has 1 N–H and O–H groups in total. The molecular formula is C20H19F2N3O5. The highest BCUT2D eigenvalue weighted by molar-refractivity contribution is 5.94. The molecule has 10 heteroatoms. The Balaban J connectivity index is 1.54. The number of hydrogen-bond donors (Lipinski definition) is 1. The SMILES string of the molecule is COc1cc(CNC(=O)c2ccc(OCc3noc(C)n3)cc2)ccc1OC(F)F. The summed E-state index contributed by atoms with van der Waals surface area (Å²) in [6.07, 6.45) is 0. The highest BCUT2D eigenvalue weighted by Crippen LogP contribution is 2.29. The van der Waals surface area contributed by atoms with E-state index in [1.807, 2.05) is 0 Å². The molecule has 0 radical (unpaired) electrons. The number of amides is 1. The van der Waals surface area contributed by atoms with Crippen LogP contribution in [0.25, 0.3) is 0 Å². The zero-order chi connectivity index (χ0) is 21.5. The summed E-state index contributed by atoms with van der Waals surface area (Å²) in [7, 11) is 1.35. The smallest absolute Gasteiger partial charge is 0.387 e. The number of nitrogens with one attached hydrogen (secondary N) is 1. The van der Waals surface area contributed by atoms with Crippen molar-refractivity contribution in [1.82, 2.24) is 15.5 Å². The minimum Gasteiger partial charge on any atom is -0.493 e. The molecule has 0 bridgehead atoms. The summed E-state index contributed by atoms with van der Waals surface area (Å²) < 4.78 is 44.6. The number of aryl methyl sites for hydroxylation is 1. The summed E-state index contributed by atoms with van der Waals surface area (Å²) in [6.45, 7) is -0.936. The summed E-state index contributed by atoms with van der Waals surface area (Å²) in [5.74, 6) is 1.20. The monoisotopic (exact) mass is 419 g/mol. The summed E-state index contributed by atoms with van der Waals surface area (Å²) in [5.41, 5.74) is 1.10. The van der Waals surface area contributed by atoms with Gasteiger partial charge >= 0.3 is 6.61 Å². The van der Waals surface area contributed by atoms with Crippen molar-refractivity contribution in [2.75, 3.05) is 7.11 Å². The van der Waals surface area contributed by atoms with Crippen LogP contribution in [0, 0.1) is 6.92 Å².